The third-order valence-electron chi connectivity index (χ3n) is 4.43. The Bertz CT molecular complexity index is 760. The third kappa shape index (κ3) is 4.28. The number of aromatic nitrogens is 3. The van der Waals surface area contributed by atoms with Gasteiger partial charge in [0, 0.05) is 43.4 Å². The third-order valence-corrected chi connectivity index (χ3v) is 4.43. The Balaban J connectivity index is 1.59. The van der Waals surface area contributed by atoms with Gasteiger partial charge in [-0.25, -0.2) is 15.0 Å². The number of aryl methyl sites for hydroxylation is 1. The second-order valence-corrected chi connectivity index (χ2v) is 7.60. The highest BCUT2D eigenvalue weighted by molar-refractivity contribution is 5.93. The summed E-state index contributed by atoms with van der Waals surface area (Å²) in [7, 11) is 0. The minimum Gasteiger partial charge on any atom is -0.367 e. The van der Waals surface area contributed by atoms with E-state index in [2.05, 4.69) is 30.1 Å². The molecule has 2 aromatic rings. The van der Waals surface area contributed by atoms with Crippen LogP contribution in [0.1, 0.15) is 26.5 Å². The Morgan fingerprint density at radius 1 is 1.04 bits per heavy atom. The molecule has 0 aliphatic carbocycles. The second kappa shape index (κ2) is 7.27. The van der Waals surface area contributed by atoms with E-state index in [4.69, 9.17) is 0 Å². The van der Waals surface area contributed by atoms with Crippen LogP contribution in [0.5, 0.6) is 0 Å². The van der Waals surface area contributed by atoms with Gasteiger partial charge in [-0.15, -0.1) is 0 Å². The zero-order valence-electron chi connectivity index (χ0n) is 15.9. The van der Waals surface area contributed by atoms with Crippen LogP contribution in [0.3, 0.4) is 0 Å². The number of carbonyl (C=O) groups is 1. The summed E-state index contributed by atoms with van der Waals surface area (Å²) in [6.45, 7) is 11.2. The van der Waals surface area contributed by atoms with Crippen LogP contribution in [-0.4, -0.2) is 47.0 Å². The van der Waals surface area contributed by atoms with Crippen molar-refractivity contribution in [1.82, 2.24) is 15.0 Å². The molecule has 0 radical (unpaired) electrons. The Morgan fingerprint density at radius 2 is 1.73 bits per heavy atom. The lowest BCUT2D eigenvalue weighted by Gasteiger charge is -2.36. The number of amides is 1. The maximum Gasteiger partial charge on any atom is 0.230 e. The fraction of sp³-hybridized carbons (Fsp3) is 0.474. The number of piperazine rings is 1. The molecule has 7 heteroatoms. The lowest BCUT2D eigenvalue weighted by Crippen LogP contribution is -2.46. The molecule has 1 fully saturated rings. The number of hydrogen-bond donors (Lipinski definition) is 1. The first kappa shape index (κ1) is 18.1. The number of pyridine rings is 1. The van der Waals surface area contributed by atoms with Crippen molar-refractivity contribution in [2.45, 2.75) is 27.7 Å². The minimum atomic E-state index is -0.434. The van der Waals surface area contributed by atoms with Gasteiger partial charge in [-0.2, -0.15) is 0 Å². The molecule has 1 saturated heterocycles. The van der Waals surface area contributed by atoms with Gasteiger partial charge < -0.3 is 15.1 Å². The van der Waals surface area contributed by atoms with E-state index in [0.717, 1.165) is 43.4 Å². The van der Waals surface area contributed by atoms with E-state index < -0.39 is 5.41 Å². The molecule has 0 aromatic carbocycles. The van der Waals surface area contributed by atoms with Gasteiger partial charge in [0.1, 0.15) is 18.0 Å². The molecule has 3 heterocycles. The van der Waals surface area contributed by atoms with E-state index in [1.54, 1.807) is 6.33 Å². The standard InChI is InChI=1S/C19H26N6O/c1-14-11-17(22-13-21-14)25-9-7-24(8-10-25)15-5-6-16(20-12-15)23-18(26)19(2,3)4/h5-6,11-13H,7-10H2,1-4H3,(H,20,23,26). The van der Waals surface area contributed by atoms with Crippen molar-refractivity contribution in [3.05, 3.63) is 36.4 Å². The van der Waals surface area contributed by atoms with Gasteiger partial charge in [0.05, 0.1) is 11.9 Å². The maximum absolute atomic E-state index is 12.0. The Kier molecular flexibility index (Phi) is 5.06. The van der Waals surface area contributed by atoms with Gasteiger partial charge in [-0.3, -0.25) is 4.79 Å². The van der Waals surface area contributed by atoms with Crippen molar-refractivity contribution in [2.24, 2.45) is 5.41 Å². The lowest BCUT2D eigenvalue weighted by atomic mass is 9.96. The van der Waals surface area contributed by atoms with E-state index in [1.807, 2.05) is 52.1 Å². The average molecular weight is 354 g/mol. The van der Waals surface area contributed by atoms with Crippen LogP contribution in [0, 0.1) is 12.3 Å². The topological polar surface area (TPSA) is 74.2 Å². The number of nitrogens with zero attached hydrogens (tertiary/aromatic N) is 5. The van der Waals surface area contributed by atoms with Gasteiger partial charge >= 0.3 is 0 Å². The molecule has 26 heavy (non-hydrogen) atoms. The highest BCUT2D eigenvalue weighted by atomic mass is 16.2. The fourth-order valence-electron chi connectivity index (χ4n) is 2.76. The monoisotopic (exact) mass is 354 g/mol. The molecule has 1 amide bonds. The van der Waals surface area contributed by atoms with Crippen LogP contribution in [0.25, 0.3) is 0 Å². The van der Waals surface area contributed by atoms with Gasteiger partial charge in [-0.05, 0) is 19.1 Å². The molecule has 3 rings (SSSR count). The van der Waals surface area contributed by atoms with Crippen LogP contribution in [-0.2, 0) is 4.79 Å². The summed E-state index contributed by atoms with van der Waals surface area (Å²) in [5.74, 6) is 1.53. The van der Waals surface area contributed by atoms with Crippen LogP contribution in [0.2, 0.25) is 0 Å². The molecular formula is C19H26N6O. The van der Waals surface area contributed by atoms with E-state index in [0.29, 0.717) is 5.82 Å². The van der Waals surface area contributed by atoms with E-state index >= 15 is 0 Å². The second-order valence-electron chi connectivity index (χ2n) is 7.60. The van der Waals surface area contributed by atoms with Gasteiger partial charge in [0.2, 0.25) is 5.91 Å². The Morgan fingerprint density at radius 3 is 2.31 bits per heavy atom. The van der Waals surface area contributed by atoms with E-state index in [-0.39, 0.29) is 5.91 Å². The molecule has 1 aliphatic heterocycles. The Hall–Kier alpha value is -2.70. The van der Waals surface area contributed by atoms with Crippen LogP contribution in [0.15, 0.2) is 30.7 Å². The smallest absolute Gasteiger partial charge is 0.230 e. The molecule has 0 spiro atoms. The molecule has 0 unspecified atom stereocenters. The van der Waals surface area contributed by atoms with Crippen molar-refractivity contribution in [3.8, 4) is 0 Å². The molecule has 7 nitrogen and oxygen atoms in total. The van der Waals surface area contributed by atoms with Crippen LogP contribution >= 0.6 is 0 Å². The summed E-state index contributed by atoms with van der Waals surface area (Å²) in [6.07, 6.45) is 3.44. The molecular weight excluding hydrogens is 328 g/mol. The summed E-state index contributed by atoms with van der Waals surface area (Å²) in [4.78, 5) is 29.5. The predicted molar refractivity (Wildman–Crippen MR) is 104 cm³/mol. The minimum absolute atomic E-state index is 0.0356. The van der Waals surface area contributed by atoms with Crippen molar-refractivity contribution >= 4 is 23.2 Å². The van der Waals surface area contributed by atoms with Gasteiger partial charge in [0.25, 0.3) is 0 Å². The van der Waals surface area contributed by atoms with Crippen LogP contribution in [0.4, 0.5) is 17.3 Å². The number of hydrogen-bond acceptors (Lipinski definition) is 6. The van der Waals surface area contributed by atoms with E-state index in [9.17, 15) is 4.79 Å². The SMILES string of the molecule is Cc1cc(N2CCN(c3ccc(NC(=O)C(C)(C)C)nc3)CC2)ncn1. The molecule has 1 N–H and O–H groups in total. The van der Waals surface area contributed by atoms with Gasteiger partial charge in [0.15, 0.2) is 0 Å². The fourth-order valence-corrected chi connectivity index (χ4v) is 2.76. The molecule has 0 atom stereocenters. The number of carbonyl (C=O) groups excluding carboxylic acids is 1. The molecule has 0 bridgehead atoms. The molecule has 2 aromatic heterocycles. The first-order valence-corrected chi connectivity index (χ1v) is 8.89. The summed E-state index contributed by atoms with van der Waals surface area (Å²) >= 11 is 0. The summed E-state index contributed by atoms with van der Waals surface area (Å²) < 4.78 is 0. The molecule has 138 valence electrons. The largest absolute Gasteiger partial charge is 0.367 e. The van der Waals surface area contributed by atoms with Crippen molar-refractivity contribution < 1.29 is 4.79 Å². The normalized spacial score (nSPS) is 15.1. The highest BCUT2D eigenvalue weighted by Gasteiger charge is 2.22. The number of rotatable bonds is 3. The number of anilines is 3. The molecule has 1 aliphatic rings. The average Bonchev–Trinajstić information content (AvgIpc) is 2.62. The Labute approximate surface area is 154 Å². The predicted octanol–water partition coefficient (Wildman–Crippen LogP) is 2.49. The van der Waals surface area contributed by atoms with Crippen LogP contribution < -0.4 is 15.1 Å². The first-order chi connectivity index (χ1) is 12.3. The highest BCUT2D eigenvalue weighted by Crippen LogP contribution is 2.21. The summed E-state index contributed by atoms with van der Waals surface area (Å²) in [6, 6.07) is 5.89. The lowest BCUT2D eigenvalue weighted by molar-refractivity contribution is -0.123. The number of nitrogens with one attached hydrogen (secondary N) is 1. The zero-order chi connectivity index (χ0) is 18.7. The van der Waals surface area contributed by atoms with E-state index in [1.165, 1.54) is 0 Å². The summed E-state index contributed by atoms with van der Waals surface area (Å²) in [5, 5.41) is 2.85. The summed E-state index contributed by atoms with van der Waals surface area (Å²) in [5.41, 5.74) is 1.61. The quantitative estimate of drug-likeness (QED) is 0.913. The van der Waals surface area contributed by atoms with Crippen molar-refractivity contribution in [3.63, 3.8) is 0 Å². The maximum atomic E-state index is 12.0. The van der Waals surface area contributed by atoms with Crippen molar-refractivity contribution in [1.29, 1.82) is 0 Å². The van der Waals surface area contributed by atoms with Gasteiger partial charge in [-0.1, -0.05) is 20.8 Å². The first-order valence-electron chi connectivity index (χ1n) is 8.89. The van der Waals surface area contributed by atoms with Crippen molar-refractivity contribution in [2.75, 3.05) is 41.3 Å². The molecule has 0 saturated carbocycles. The zero-order valence-corrected chi connectivity index (χ0v) is 15.9.